The van der Waals surface area contributed by atoms with E-state index in [2.05, 4.69) is 10.6 Å². The van der Waals surface area contributed by atoms with Crippen LogP contribution in [0.25, 0.3) is 0 Å². The molecule has 0 fully saturated rings. The number of carbonyl (C=O) groups excluding carboxylic acids is 1. The van der Waals surface area contributed by atoms with Crippen LogP contribution in [0.15, 0.2) is 77.7 Å². The molecule has 3 rings (SSSR count). The Bertz CT molecular complexity index is 1220. The molecule has 0 atom stereocenters. The minimum absolute atomic E-state index is 0.0823. The first-order chi connectivity index (χ1) is 14.9. The maximum absolute atomic E-state index is 13.6. The molecule has 0 saturated heterocycles. The van der Waals surface area contributed by atoms with E-state index in [0.717, 1.165) is 0 Å². The van der Waals surface area contributed by atoms with Crippen molar-refractivity contribution in [1.29, 1.82) is 5.26 Å². The molecular weight excluding hydrogens is 417 g/mol. The first-order valence-electron chi connectivity index (χ1n) is 9.48. The highest BCUT2D eigenvalue weighted by atomic mass is 32.2. The third-order valence-corrected chi connectivity index (χ3v) is 6.20. The highest BCUT2D eigenvalue weighted by molar-refractivity contribution is 7.90. The summed E-state index contributed by atoms with van der Waals surface area (Å²) in [6, 6.07) is 20.7. The summed E-state index contributed by atoms with van der Waals surface area (Å²) in [4.78, 5) is 12.6. The van der Waals surface area contributed by atoms with Gasteiger partial charge in [0.15, 0.2) is 9.84 Å². The van der Waals surface area contributed by atoms with Crippen LogP contribution in [0.1, 0.15) is 21.5 Å². The van der Waals surface area contributed by atoms with Gasteiger partial charge < -0.3 is 10.6 Å². The number of halogens is 1. The average Bonchev–Trinajstić information content (AvgIpc) is 2.77. The van der Waals surface area contributed by atoms with Crippen LogP contribution in [0.3, 0.4) is 0 Å². The van der Waals surface area contributed by atoms with Crippen LogP contribution in [0.4, 0.5) is 10.1 Å². The molecule has 3 aromatic rings. The van der Waals surface area contributed by atoms with Crippen molar-refractivity contribution in [2.75, 3.05) is 18.4 Å². The fraction of sp³-hybridized carbons (Fsp3) is 0.130. The molecule has 0 unspecified atom stereocenters. The van der Waals surface area contributed by atoms with E-state index in [1.165, 1.54) is 24.3 Å². The van der Waals surface area contributed by atoms with E-state index >= 15 is 0 Å². The molecule has 31 heavy (non-hydrogen) atoms. The van der Waals surface area contributed by atoms with Crippen LogP contribution in [-0.2, 0) is 15.6 Å². The number of rotatable bonds is 8. The zero-order chi connectivity index (χ0) is 22.3. The molecule has 158 valence electrons. The molecule has 6 nitrogen and oxygen atoms in total. The van der Waals surface area contributed by atoms with E-state index in [1.807, 2.05) is 0 Å². The van der Waals surface area contributed by atoms with Crippen molar-refractivity contribution in [2.24, 2.45) is 0 Å². The van der Waals surface area contributed by atoms with Gasteiger partial charge in [-0.25, -0.2) is 12.8 Å². The number of benzene rings is 3. The van der Waals surface area contributed by atoms with Crippen molar-refractivity contribution in [1.82, 2.24) is 5.32 Å². The molecule has 0 aliphatic rings. The Labute approximate surface area is 180 Å². The number of anilines is 1. The standard InChI is InChI=1S/C23H20FN3O3S/c24-21-10-5-11-22(20(21)15-25)26-12-13-27-23(28)18-7-4-6-17(14-18)16-31(29,30)19-8-2-1-3-9-19/h1-11,14,26H,12-13,16H2,(H,27,28). The van der Waals surface area contributed by atoms with Gasteiger partial charge in [-0.1, -0.05) is 36.4 Å². The Morgan fingerprint density at radius 2 is 1.71 bits per heavy atom. The molecule has 2 N–H and O–H groups in total. The zero-order valence-electron chi connectivity index (χ0n) is 16.5. The summed E-state index contributed by atoms with van der Waals surface area (Å²) >= 11 is 0. The van der Waals surface area contributed by atoms with Crippen molar-refractivity contribution < 1.29 is 17.6 Å². The SMILES string of the molecule is N#Cc1c(F)cccc1NCCNC(=O)c1cccc(CS(=O)(=O)c2ccccc2)c1. The maximum atomic E-state index is 13.6. The van der Waals surface area contributed by atoms with Gasteiger partial charge in [-0.05, 0) is 42.0 Å². The van der Waals surface area contributed by atoms with Crippen molar-refractivity contribution in [3.05, 3.63) is 95.3 Å². The minimum Gasteiger partial charge on any atom is -0.382 e. The highest BCUT2D eigenvalue weighted by Crippen LogP contribution is 2.18. The Morgan fingerprint density at radius 3 is 2.45 bits per heavy atom. The molecular formula is C23H20FN3O3S. The normalized spacial score (nSPS) is 10.8. The summed E-state index contributed by atoms with van der Waals surface area (Å²) in [5.41, 5.74) is 1.11. The lowest BCUT2D eigenvalue weighted by molar-refractivity contribution is 0.0955. The molecule has 0 aliphatic heterocycles. The smallest absolute Gasteiger partial charge is 0.251 e. The van der Waals surface area contributed by atoms with Gasteiger partial charge >= 0.3 is 0 Å². The van der Waals surface area contributed by atoms with Crippen LogP contribution < -0.4 is 10.6 Å². The number of sulfone groups is 1. The molecule has 0 aromatic heterocycles. The molecule has 3 aromatic carbocycles. The molecule has 8 heteroatoms. The van der Waals surface area contributed by atoms with Crippen molar-refractivity contribution in [3.63, 3.8) is 0 Å². The summed E-state index contributed by atoms with van der Waals surface area (Å²) in [6.07, 6.45) is 0. The predicted octanol–water partition coefficient (Wildman–Crippen LogP) is 3.51. The second kappa shape index (κ2) is 9.87. The Hall–Kier alpha value is -3.70. The van der Waals surface area contributed by atoms with Gasteiger partial charge in [-0.3, -0.25) is 4.79 Å². The third-order valence-electron chi connectivity index (χ3n) is 4.50. The van der Waals surface area contributed by atoms with E-state index in [-0.39, 0.29) is 35.2 Å². The fourth-order valence-electron chi connectivity index (χ4n) is 2.99. The minimum atomic E-state index is -3.52. The summed E-state index contributed by atoms with van der Waals surface area (Å²) < 4.78 is 38.7. The lowest BCUT2D eigenvalue weighted by Gasteiger charge is -2.10. The van der Waals surface area contributed by atoms with E-state index < -0.39 is 15.7 Å². The van der Waals surface area contributed by atoms with E-state index in [9.17, 15) is 17.6 Å². The van der Waals surface area contributed by atoms with Crippen LogP contribution >= 0.6 is 0 Å². The van der Waals surface area contributed by atoms with Gasteiger partial charge in [0, 0.05) is 18.7 Å². The second-order valence-corrected chi connectivity index (χ2v) is 8.72. The van der Waals surface area contributed by atoms with Crippen molar-refractivity contribution in [2.45, 2.75) is 10.6 Å². The molecule has 0 aliphatic carbocycles. The predicted molar refractivity (Wildman–Crippen MR) is 116 cm³/mol. The quantitative estimate of drug-likeness (QED) is 0.526. The Morgan fingerprint density at radius 1 is 0.968 bits per heavy atom. The lowest BCUT2D eigenvalue weighted by Crippen LogP contribution is -2.29. The summed E-state index contributed by atoms with van der Waals surface area (Å²) in [7, 11) is -3.52. The van der Waals surface area contributed by atoms with Gasteiger partial charge in [0.1, 0.15) is 17.4 Å². The van der Waals surface area contributed by atoms with Gasteiger partial charge in [0.2, 0.25) is 0 Å². The van der Waals surface area contributed by atoms with Crippen LogP contribution in [0, 0.1) is 17.1 Å². The maximum Gasteiger partial charge on any atom is 0.251 e. The summed E-state index contributed by atoms with van der Waals surface area (Å²) in [5.74, 6) is -1.18. The number of hydrogen-bond donors (Lipinski definition) is 2. The average molecular weight is 437 g/mol. The molecule has 1 amide bonds. The molecule has 0 saturated carbocycles. The van der Waals surface area contributed by atoms with Gasteiger partial charge in [0.25, 0.3) is 5.91 Å². The fourth-order valence-corrected chi connectivity index (χ4v) is 4.35. The molecule has 0 radical (unpaired) electrons. The monoisotopic (exact) mass is 437 g/mol. The zero-order valence-corrected chi connectivity index (χ0v) is 17.3. The van der Waals surface area contributed by atoms with E-state index in [1.54, 1.807) is 54.6 Å². The molecule has 0 heterocycles. The highest BCUT2D eigenvalue weighted by Gasteiger charge is 2.16. The molecule has 0 spiro atoms. The number of nitrogens with zero attached hydrogens (tertiary/aromatic N) is 1. The van der Waals surface area contributed by atoms with E-state index in [0.29, 0.717) is 16.8 Å². The Balaban J connectivity index is 1.58. The van der Waals surface area contributed by atoms with Crippen LogP contribution in [-0.4, -0.2) is 27.4 Å². The first kappa shape index (κ1) is 22.0. The molecule has 0 bridgehead atoms. The van der Waals surface area contributed by atoms with E-state index in [4.69, 9.17) is 5.26 Å². The first-order valence-corrected chi connectivity index (χ1v) is 11.1. The summed E-state index contributed by atoms with van der Waals surface area (Å²) in [6.45, 7) is 0.513. The lowest BCUT2D eigenvalue weighted by atomic mass is 10.1. The summed E-state index contributed by atoms with van der Waals surface area (Å²) in [5, 5.41) is 14.7. The third kappa shape index (κ3) is 5.68. The van der Waals surface area contributed by atoms with Gasteiger partial charge in [-0.2, -0.15) is 5.26 Å². The second-order valence-electron chi connectivity index (χ2n) is 6.73. The van der Waals surface area contributed by atoms with Crippen LogP contribution in [0.2, 0.25) is 0 Å². The number of carbonyl (C=O) groups is 1. The van der Waals surface area contributed by atoms with Crippen molar-refractivity contribution in [3.8, 4) is 6.07 Å². The van der Waals surface area contributed by atoms with Crippen molar-refractivity contribution >= 4 is 21.4 Å². The van der Waals surface area contributed by atoms with Gasteiger partial charge in [-0.15, -0.1) is 0 Å². The number of amides is 1. The number of hydrogen-bond acceptors (Lipinski definition) is 5. The van der Waals surface area contributed by atoms with Gasteiger partial charge in [0.05, 0.1) is 16.3 Å². The largest absolute Gasteiger partial charge is 0.382 e. The Kier molecular flexibility index (Phi) is 7.00. The van der Waals surface area contributed by atoms with Crippen LogP contribution in [0.5, 0.6) is 0 Å². The number of nitriles is 1. The topological polar surface area (TPSA) is 99.1 Å². The number of nitrogens with one attached hydrogen (secondary N) is 2.